The highest BCUT2D eigenvalue weighted by molar-refractivity contribution is 7.92. The third-order valence-electron chi connectivity index (χ3n) is 8.00. The molecule has 1 aliphatic rings. The van der Waals surface area contributed by atoms with Crippen LogP contribution in [0, 0.1) is 11.6 Å². The van der Waals surface area contributed by atoms with E-state index in [4.69, 9.17) is 4.42 Å². The lowest BCUT2D eigenvalue weighted by molar-refractivity contribution is 0.0962. The summed E-state index contributed by atoms with van der Waals surface area (Å²) in [6.07, 6.45) is 2.61. The van der Waals surface area contributed by atoms with Gasteiger partial charge in [-0.15, -0.1) is 0 Å². The SMILES string of the molecule is CNC(=O)c1c(-c2ccc(F)cc2)oc2cc(N(CCO)S(C)(=O)=O)c(-c3cccc(C(=O)N(c4ccc(F)cc4)C4CC4)c3)cc12. The van der Waals surface area contributed by atoms with E-state index in [0.29, 0.717) is 33.3 Å². The fourth-order valence-corrected chi connectivity index (χ4v) is 6.59. The summed E-state index contributed by atoms with van der Waals surface area (Å²) in [6, 6.07) is 20.8. The average Bonchev–Trinajstić information content (AvgIpc) is 3.82. The van der Waals surface area contributed by atoms with Crippen molar-refractivity contribution in [2.75, 3.05) is 35.7 Å². The largest absolute Gasteiger partial charge is 0.455 e. The number of anilines is 2. The number of benzene rings is 4. The molecule has 1 heterocycles. The topological polar surface area (TPSA) is 120 Å². The maximum atomic E-state index is 14.0. The quantitative estimate of drug-likeness (QED) is 0.191. The maximum Gasteiger partial charge on any atom is 0.258 e. The van der Waals surface area contributed by atoms with Crippen molar-refractivity contribution in [1.82, 2.24) is 5.32 Å². The summed E-state index contributed by atoms with van der Waals surface area (Å²) in [6.45, 7) is -0.761. The first-order chi connectivity index (χ1) is 22.5. The second-order valence-electron chi connectivity index (χ2n) is 11.3. The zero-order chi connectivity index (χ0) is 33.5. The third kappa shape index (κ3) is 6.34. The van der Waals surface area contributed by atoms with Crippen LogP contribution in [0.2, 0.25) is 0 Å². The van der Waals surface area contributed by atoms with E-state index in [1.54, 1.807) is 47.4 Å². The van der Waals surface area contributed by atoms with Crippen molar-refractivity contribution in [3.05, 3.63) is 108 Å². The number of hydrogen-bond donors (Lipinski definition) is 2. The van der Waals surface area contributed by atoms with Gasteiger partial charge in [0.25, 0.3) is 11.8 Å². The molecule has 6 rings (SSSR count). The van der Waals surface area contributed by atoms with E-state index in [9.17, 15) is 31.9 Å². The van der Waals surface area contributed by atoms with Crippen LogP contribution in [0.25, 0.3) is 33.4 Å². The molecule has 12 heteroatoms. The summed E-state index contributed by atoms with van der Waals surface area (Å²) < 4.78 is 60.7. The van der Waals surface area contributed by atoms with E-state index < -0.39 is 34.2 Å². The summed E-state index contributed by atoms with van der Waals surface area (Å²) in [7, 11) is -2.48. The molecule has 1 aromatic heterocycles. The fraction of sp³-hybridized carbons (Fsp3) is 0.200. The molecule has 0 bridgehead atoms. The van der Waals surface area contributed by atoms with Crippen LogP contribution < -0.4 is 14.5 Å². The van der Waals surface area contributed by atoms with Crippen molar-refractivity contribution in [2.45, 2.75) is 18.9 Å². The number of sulfonamides is 1. The van der Waals surface area contributed by atoms with E-state index in [2.05, 4.69) is 5.32 Å². The lowest BCUT2D eigenvalue weighted by Crippen LogP contribution is -2.33. The maximum absolute atomic E-state index is 14.0. The molecule has 4 aromatic carbocycles. The lowest BCUT2D eigenvalue weighted by Gasteiger charge is -2.25. The molecule has 0 spiro atoms. The number of fused-ring (bicyclic) bond motifs is 1. The first-order valence-corrected chi connectivity index (χ1v) is 16.7. The van der Waals surface area contributed by atoms with Gasteiger partial charge in [0.2, 0.25) is 10.0 Å². The van der Waals surface area contributed by atoms with E-state index in [1.807, 2.05) is 0 Å². The van der Waals surface area contributed by atoms with Gasteiger partial charge < -0.3 is 19.7 Å². The van der Waals surface area contributed by atoms with Gasteiger partial charge in [0.15, 0.2) is 0 Å². The molecule has 0 atom stereocenters. The van der Waals surface area contributed by atoms with Gasteiger partial charge in [-0.05, 0) is 85.1 Å². The average molecular weight is 660 g/mol. The van der Waals surface area contributed by atoms with Crippen LogP contribution >= 0.6 is 0 Å². The normalized spacial score (nSPS) is 13.0. The fourth-order valence-electron chi connectivity index (χ4n) is 5.67. The molecule has 242 valence electrons. The predicted octanol–water partition coefficient (Wildman–Crippen LogP) is 5.97. The van der Waals surface area contributed by atoms with Crippen molar-refractivity contribution in [1.29, 1.82) is 0 Å². The molecular formula is C35H31F2N3O6S. The number of amides is 2. The summed E-state index contributed by atoms with van der Waals surface area (Å²) in [5.74, 6) is -1.54. The van der Waals surface area contributed by atoms with Crippen molar-refractivity contribution in [3.8, 4) is 22.5 Å². The van der Waals surface area contributed by atoms with Gasteiger partial charge in [0.1, 0.15) is 23.0 Å². The smallest absolute Gasteiger partial charge is 0.258 e. The zero-order valence-electron chi connectivity index (χ0n) is 25.5. The Hall–Kier alpha value is -5.07. The molecule has 2 N–H and O–H groups in total. The molecule has 0 aliphatic heterocycles. The third-order valence-corrected chi connectivity index (χ3v) is 9.18. The van der Waals surface area contributed by atoms with Crippen LogP contribution in [-0.2, 0) is 10.0 Å². The standard InChI is InChI=1S/C35H31F2N3O6S/c1-38-34(42)32-29-19-28(22-4-3-5-23(18-22)35(43)40(27-14-15-27)26-12-10-25(37)11-13-26)30(39(16-17-41)47(2,44)45)20-31(29)46-33(32)21-6-8-24(36)9-7-21/h3-13,18-20,27,41H,14-17H2,1-2H3,(H,38,42). The van der Waals surface area contributed by atoms with Gasteiger partial charge in [-0.25, -0.2) is 17.2 Å². The number of aliphatic hydroxyl groups excluding tert-OH is 1. The Morgan fingerprint density at radius 3 is 2.19 bits per heavy atom. The number of hydrogen-bond acceptors (Lipinski definition) is 6. The Morgan fingerprint density at radius 2 is 1.60 bits per heavy atom. The first-order valence-electron chi connectivity index (χ1n) is 14.9. The number of furan rings is 1. The number of aliphatic hydroxyl groups is 1. The molecule has 47 heavy (non-hydrogen) atoms. The number of carbonyl (C=O) groups is 2. The van der Waals surface area contributed by atoms with E-state index in [1.165, 1.54) is 49.5 Å². The molecule has 1 fully saturated rings. The molecule has 2 amide bonds. The van der Waals surface area contributed by atoms with E-state index >= 15 is 0 Å². The molecule has 9 nitrogen and oxygen atoms in total. The second kappa shape index (κ2) is 12.6. The van der Waals surface area contributed by atoms with Crippen molar-refractivity contribution >= 4 is 44.2 Å². The predicted molar refractivity (Wildman–Crippen MR) is 176 cm³/mol. The minimum atomic E-state index is -3.94. The lowest BCUT2D eigenvalue weighted by atomic mass is 9.97. The van der Waals surface area contributed by atoms with Gasteiger partial charge >= 0.3 is 0 Å². The monoisotopic (exact) mass is 659 g/mol. The summed E-state index contributed by atoms with van der Waals surface area (Å²) >= 11 is 0. The molecule has 1 aliphatic carbocycles. The highest BCUT2D eigenvalue weighted by Gasteiger charge is 2.35. The number of carbonyl (C=O) groups excluding carboxylic acids is 2. The van der Waals surface area contributed by atoms with Crippen LogP contribution in [-0.4, -0.2) is 57.8 Å². The van der Waals surface area contributed by atoms with Gasteiger partial charge in [0.05, 0.1) is 30.7 Å². The second-order valence-corrected chi connectivity index (χ2v) is 13.2. The number of rotatable bonds is 10. The summed E-state index contributed by atoms with van der Waals surface area (Å²) in [5, 5.41) is 12.8. The van der Waals surface area contributed by atoms with Crippen LogP contribution in [0.5, 0.6) is 0 Å². The van der Waals surface area contributed by atoms with Crippen molar-refractivity contribution in [2.24, 2.45) is 0 Å². The molecular weight excluding hydrogens is 628 g/mol. The van der Waals surface area contributed by atoms with Gasteiger partial charge in [0, 0.05) is 46.9 Å². The molecule has 1 saturated carbocycles. The van der Waals surface area contributed by atoms with E-state index in [-0.39, 0.29) is 41.1 Å². The molecule has 0 radical (unpaired) electrons. The minimum Gasteiger partial charge on any atom is -0.455 e. The minimum absolute atomic E-state index is 0.0419. The molecule has 0 saturated heterocycles. The highest BCUT2D eigenvalue weighted by atomic mass is 32.2. The van der Waals surface area contributed by atoms with Crippen molar-refractivity contribution < 1.29 is 36.3 Å². The Labute approximate surface area is 270 Å². The Bertz CT molecular complexity index is 2090. The van der Waals surface area contributed by atoms with Crippen LogP contribution in [0.15, 0.2) is 89.3 Å². The molecule has 0 unspecified atom stereocenters. The van der Waals surface area contributed by atoms with Crippen LogP contribution in [0.3, 0.4) is 0 Å². The highest BCUT2D eigenvalue weighted by Crippen LogP contribution is 2.42. The van der Waals surface area contributed by atoms with Gasteiger partial charge in [-0.1, -0.05) is 12.1 Å². The number of nitrogens with zero attached hydrogens (tertiary/aromatic N) is 2. The van der Waals surface area contributed by atoms with Crippen molar-refractivity contribution in [3.63, 3.8) is 0 Å². The molecule has 5 aromatic rings. The first kappa shape index (κ1) is 31.9. The number of halogens is 2. The zero-order valence-corrected chi connectivity index (χ0v) is 26.4. The summed E-state index contributed by atoms with van der Waals surface area (Å²) in [4.78, 5) is 28.8. The number of nitrogens with one attached hydrogen (secondary N) is 1. The summed E-state index contributed by atoms with van der Waals surface area (Å²) in [5.41, 5.74) is 2.58. The Balaban J connectivity index is 1.56. The Morgan fingerprint density at radius 1 is 0.936 bits per heavy atom. The van der Waals surface area contributed by atoms with E-state index in [0.717, 1.165) is 23.4 Å². The van der Waals surface area contributed by atoms with Crippen LogP contribution in [0.4, 0.5) is 20.2 Å². The van der Waals surface area contributed by atoms with Crippen LogP contribution in [0.1, 0.15) is 33.6 Å². The van der Waals surface area contributed by atoms with Gasteiger partial charge in [-0.2, -0.15) is 0 Å². The Kier molecular flexibility index (Phi) is 8.56. The van der Waals surface area contributed by atoms with Gasteiger partial charge in [-0.3, -0.25) is 13.9 Å².